The van der Waals surface area contributed by atoms with E-state index in [1.54, 1.807) is 6.07 Å². The van der Waals surface area contributed by atoms with Crippen LogP contribution < -0.4 is 0 Å². The van der Waals surface area contributed by atoms with Gasteiger partial charge in [-0.2, -0.15) is 0 Å². The van der Waals surface area contributed by atoms with Crippen molar-refractivity contribution in [2.75, 3.05) is 0 Å². The molecule has 1 aromatic carbocycles. The van der Waals surface area contributed by atoms with E-state index in [1.165, 1.54) is 23.5 Å². The van der Waals surface area contributed by atoms with Gasteiger partial charge in [-0.15, -0.1) is 11.3 Å². The van der Waals surface area contributed by atoms with Gasteiger partial charge in [-0.05, 0) is 59.1 Å². The Bertz CT molecular complexity index is 511. The summed E-state index contributed by atoms with van der Waals surface area (Å²) in [5.41, 5.74) is 1.41. The average Bonchev–Trinajstić information content (AvgIpc) is 2.57. The van der Waals surface area contributed by atoms with Crippen molar-refractivity contribution in [1.29, 1.82) is 0 Å². The molecule has 1 unspecified atom stereocenters. The number of aliphatic hydroxyl groups is 1. The zero-order valence-corrected chi connectivity index (χ0v) is 11.9. The second-order valence-electron chi connectivity index (χ2n) is 4.02. The smallest absolute Gasteiger partial charge is 0.123 e. The number of halogens is 2. The van der Waals surface area contributed by atoms with Crippen LogP contribution in [0.25, 0.3) is 0 Å². The van der Waals surface area contributed by atoms with Crippen LogP contribution >= 0.6 is 27.3 Å². The van der Waals surface area contributed by atoms with Crippen LogP contribution in [-0.4, -0.2) is 5.11 Å². The fourth-order valence-electron chi connectivity index (χ4n) is 1.70. The average molecular weight is 315 g/mol. The van der Waals surface area contributed by atoms with Crippen LogP contribution in [0.2, 0.25) is 0 Å². The molecule has 0 aliphatic heterocycles. The summed E-state index contributed by atoms with van der Waals surface area (Å²) in [6, 6.07) is 6.51. The quantitative estimate of drug-likeness (QED) is 0.873. The minimum atomic E-state index is -0.764. The summed E-state index contributed by atoms with van der Waals surface area (Å²) in [6.07, 6.45) is -0.764. The van der Waals surface area contributed by atoms with Crippen LogP contribution in [0.4, 0.5) is 4.39 Å². The molecule has 1 atom stereocenters. The van der Waals surface area contributed by atoms with Crippen molar-refractivity contribution in [2.24, 2.45) is 0 Å². The predicted octanol–water partition coefficient (Wildman–Crippen LogP) is 4.35. The Labute approximate surface area is 112 Å². The van der Waals surface area contributed by atoms with Gasteiger partial charge in [-0.1, -0.05) is 6.07 Å². The Morgan fingerprint density at radius 2 is 1.94 bits per heavy atom. The van der Waals surface area contributed by atoms with E-state index in [0.29, 0.717) is 5.56 Å². The summed E-state index contributed by atoms with van der Waals surface area (Å²) in [6.45, 7) is 3.79. The van der Waals surface area contributed by atoms with Gasteiger partial charge in [-0.3, -0.25) is 0 Å². The Balaban J connectivity index is 2.39. The normalized spacial score (nSPS) is 12.8. The molecule has 1 heterocycles. The number of hydrogen-bond donors (Lipinski definition) is 1. The lowest BCUT2D eigenvalue weighted by molar-refractivity contribution is 0.223. The van der Waals surface area contributed by atoms with Crippen molar-refractivity contribution >= 4 is 27.3 Å². The molecule has 0 fully saturated rings. The summed E-state index contributed by atoms with van der Waals surface area (Å²) in [5, 5.41) is 10.2. The molecule has 0 spiro atoms. The number of thiophene rings is 1. The summed E-state index contributed by atoms with van der Waals surface area (Å²) in [5.74, 6) is -0.314. The number of benzene rings is 1. The molecule has 1 nitrogen and oxygen atoms in total. The fraction of sp³-hybridized carbons (Fsp3) is 0.231. The molecule has 1 aromatic heterocycles. The molecule has 90 valence electrons. The third kappa shape index (κ3) is 2.76. The molecule has 0 amide bonds. The van der Waals surface area contributed by atoms with Crippen LogP contribution in [0.5, 0.6) is 0 Å². The molecule has 4 heteroatoms. The molecular weight excluding hydrogens is 303 g/mol. The second kappa shape index (κ2) is 4.88. The van der Waals surface area contributed by atoms with Gasteiger partial charge in [0.2, 0.25) is 0 Å². The topological polar surface area (TPSA) is 20.2 Å². The predicted molar refractivity (Wildman–Crippen MR) is 72.0 cm³/mol. The Morgan fingerprint density at radius 1 is 1.24 bits per heavy atom. The van der Waals surface area contributed by atoms with Crippen molar-refractivity contribution in [3.05, 3.63) is 55.4 Å². The monoisotopic (exact) mass is 314 g/mol. The van der Waals surface area contributed by atoms with Gasteiger partial charge in [0.05, 0.1) is 0 Å². The number of aryl methyl sites for hydroxylation is 2. The highest BCUT2D eigenvalue weighted by Gasteiger charge is 2.15. The van der Waals surface area contributed by atoms with Crippen molar-refractivity contribution < 1.29 is 9.50 Å². The Kier molecular flexibility index (Phi) is 3.66. The van der Waals surface area contributed by atoms with E-state index in [2.05, 4.69) is 15.9 Å². The van der Waals surface area contributed by atoms with E-state index >= 15 is 0 Å². The third-order valence-corrected chi connectivity index (χ3v) is 4.71. The zero-order valence-electron chi connectivity index (χ0n) is 9.50. The maximum absolute atomic E-state index is 13.3. The first-order valence-electron chi connectivity index (χ1n) is 5.18. The van der Waals surface area contributed by atoms with Crippen LogP contribution in [-0.2, 0) is 0 Å². The van der Waals surface area contributed by atoms with Gasteiger partial charge >= 0.3 is 0 Å². The van der Waals surface area contributed by atoms with Gasteiger partial charge in [0.1, 0.15) is 11.9 Å². The molecule has 0 aliphatic carbocycles. The van der Waals surface area contributed by atoms with E-state index in [1.807, 2.05) is 19.9 Å². The van der Waals surface area contributed by atoms with Crippen LogP contribution in [0.1, 0.15) is 27.0 Å². The van der Waals surface area contributed by atoms with Crippen LogP contribution in [0, 0.1) is 19.7 Å². The highest BCUT2D eigenvalue weighted by Crippen LogP contribution is 2.34. The summed E-state index contributed by atoms with van der Waals surface area (Å²) < 4.78 is 14.2. The molecule has 2 aromatic rings. The van der Waals surface area contributed by atoms with Gasteiger partial charge < -0.3 is 5.11 Å². The standard InChI is InChI=1S/C13H12BrFOS/c1-7-3-9(5-10(15)4-7)13(16)12-6-11(14)8(2)17-12/h3-6,13,16H,1-2H3. The molecule has 0 saturated carbocycles. The molecule has 1 N–H and O–H groups in total. The third-order valence-electron chi connectivity index (χ3n) is 2.53. The van der Waals surface area contributed by atoms with Crippen molar-refractivity contribution in [3.8, 4) is 0 Å². The van der Waals surface area contributed by atoms with Gasteiger partial charge in [0, 0.05) is 14.2 Å². The van der Waals surface area contributed by atoms with E-state index in [-0.39, 0.29) is 5.82 Å². The molecule has 17 heavy (non-hydrogen) atoms. The lowest BCUT2D eigenvalue weighted by Gasteiger charge is -2.09. The lowest BCUT2D eigenvalue weighted by Crippen LogP contribution is -1.98. The summed E-state index contributed by atoms with van der Waals surface area (Å²) in [7, 11) is 0. The molecular formula is C13H12BrFOS. The van der Waals surface area contributed by atoms with E-state index in [0.717, 1.165) is 19.8 Å². The Morgan fingerprint density at radius 3 is 2.47 bits per heavy atom. The minimum absolute atomic E-state index is 0.314. The molecule has 0 radical (unpaired) electrons. The number of rotatable bonds is 2. The summed E-state index contributed by atoms with van der Waals surface area (Å²) >= 11 is 4.92. The first-order valence-corrected chi connectivity index (χ1v) is 6.79. The maximum atomic E-state index is 13.3. The minimum Gasteiger partial charge on any atom is -0.383 e. The van der Waals surface area contributed by atoms with Crippen molar-refractivity contribution in [3.63, 3.8) is 0 Å². The largest absolute Gasteiger partial charge is 0.383 e. The maximum Gasteiger partial charge on any atom is 0.123 e. The zero-order chi connectivity index (χ0) is 12.6. The molecule has 2 rings (SSSR count). The summed E-state index contributed by atoms with van der Waals surface area (Å²) in [4.78, 5) is 1.92. The SMILES string of the molecule is Cc1cc(F)cc(C(O)c2cc(Br)c(C)s2)c1. The second-order valence-corrected chi connectivity index (χ2v) is 6.16. The van der Waals surface area contributed by atoms with E-state index < -0.39 is 6.10 Å². The van der Waals surface area contributed by atoms with E-state index in [4.69, 9.17) is 0 Å². The van der Waals surface area contributed by atoms with Gasteiger partial charge in [-0.25, -0.2) is 4.39 Å². The lowest BCUT2D eigenvalue weighted by atomic mass is 10.1. The highest BCUT2D eigenvalue weighted by atomic mass is 79.9. The highest BCUT2D eigenvalue weighted by molar-refractivity contribution is 9.10. The van der Waals surface area contributed by atoms with Gasteiger partial charge in [0.25, 0.3) is 0 Å². The molecule has 0 aliphatic rings. The van der Waals surface area contributed by atoms with Crippen molar-refractivity contribution in [1.82, 2.24) is 0 Å². The van der Waals surface area contributed by atoms with E-state index in [9.17, 15) is 9.50 Å². The fourth-order valence-corrected chi connectivity index (χ4v) is 3.28. The molecule has 0 bridgehead atoms. The first kappa shape index (κ1) is 12.7. The number of hydrogen-bond acceptors (Lipinski definition) is 2. The van der Waals surface area contributed by atoms with Crippen LogP contribution in [0.3, 0.4) is 0 Å². The molecule has 0 saturated heterocycles. The first-order chi connectivity index (χ1) is 7.97. The van der Waals surface area contributed by atoms with Crippen LogP contribution in [0.15, 0.2) is 28.7 Å². The van der Waals surface area contributed by atoms with Gasteiger partial charge in [0.15, 0.2) is 0 Å². The Hall–Kier alpha value is -0.710. The number of aliphatic hydroxyl groups excluding tert-OH is 1. The van der Waals surface area contributed by atoms with Crippen molar-refractivity contribution in [2.45, 2.75) is 20.0 Å².